The Morgan fingerprint density at radius 3 is 2.40 bits per heavy atom. The molecule has 0 aliphatic heterocycles. The van der Waals surface area contributed by atoms with Gasteiger partial charge in [-0.2, -0.15) is 4.31 Å². The molecule has 0 aliphatic rings. The van der Waals surface area contributed by atoms with Crippen molar-refractivity contribution in [2.24, 2.45) is 0 Å². The van der Waals surface area contributed by atoms with Crippen molar-refractivity contribution < 1.29 is 13.2 Å². The van der Waals surface area contributed by atoms with E-state index in [0.717, 1.165) is 12.0 Å². The fraction of sp³-hybridized carbons (Fsp3) is 0.316. The van der Waals surface area contributed by atoms with E-state index in [-0.39, 0.29) is 16.8 Å². The summed E-state index contributed by atoms with van der Waals surface area (Å²) in [5.74, 6) is -0.278. The first-order valence-corrected chi connectivity index (χ1v) is 9.66. The molecule has 0 aromatic heterocycles. The Kier molecular flexibility index (Phi) is 6.33. The largest absolute Gasteiger partial charge is 0.352 e. The third kappa shape index (κ3) is 4.90. The van der Waals surface area contributed by atoms with Crippen LogP contribution in [0.2, 0.25) is 0 Å². The molecule has 1 amide bonds. The third-order valence-corrected chi connectivity index (χ3v) is 6.07. The average molecular weight is 360 g/mol. The van der Waals surface area contributed by atoms with Crippen LogP contribution in [0.15, 0.2) is 59.5 Å². The first-order valence-electron chi connectivity index (χ1n) is 8.22. The van der Waals surface area contributed by atoms with Crippen molar-refractivity contribution in [3.05, 3.63) is 65.7 Å². The van der Waals surface area contributed by atoms with Gasteiger partial charge in [0.15, 0.2) is 0 Å². The Balaban J connectivity index is 2.06. The van der Waals surface area contributed by atoms with Gasteiger partial charge in [-0.1, -0.05) is 36.4 Å². The van der Waals surface area contributed by atoms with Crippen LogP contribution in [0.4, 0.5) is 0 Å². The maximum absolute atomic E-state index is 12.5. The van der Waals surface area contributed by atoms with E-state index in [1.165, 1.54) is 23.5 Å². The van der Waals surface area contributed by atoms with Crippen molar-refractivity contribution in [1.29, 1.82) is 0 Å². The third-order valence-electron chi connectivity index (χ3n) is 4.04. The number of carbonyl (C=O) groups excluding carboxylic acids is 1. The van der Waals surface area contributed by atoms with Crippen molar-refractivity contribution in [1.82, 2.24) is 9.62 Å². The maximum Gasteiger partial charge on any atom is 0.251 e. The predicted octanol–water partition coefficient (Wildman–Crippen LogP) is 2.69. The van der Waals surface area contributed by atoms with Crippen LogP contribution in [0.25, 0.3) is 0 Å². The Labute approximate surface area is 149 Å². The molecule has 0 heterocycles. The number of amides is 1. The summed E-state index contributed by atoms with van der Waals surface area (Å²) >= 11 is 0. The summed E-state index contributed by atoms with van der Waals surface area (Å²) in [6, 6.07) is 15.8. The Morgan fingerprint density at radius 1 is 1.08 bits per heavy atom. The Morgan fingerprint density at radius 2 is 1.76 bits per heavy atom. The minimum atomic E-state index is -3.60. The molecule has 5 nitrogen and oxygen atoms in total. The number of nitrogens with one attached hydrogen (secondary N) is 1. The molecule has 0 bridgehead atoms. The van der Waals surface area contributed by atoms with Gasteiger partial charge in [0.1, 0.15) is 0 Å². The summed E-state index contributed by atoms with van der Waals surface area (Å²) in [7, 11) is -2.07. The minimum Gasteiger partial charge on any atom is -0.352 e. The quantitative estimate of drug-likeness (QED) is 0.825. The Bertz CT molecular complexity index is 818. The van der Waals surface area contributed by atoms with Gasteiger partial charge in [0, 0.05) is 25.2 Å². The normalized spacial score (nSPS) is 11.7. The van der Waals surface area contributed by atoms with Gasteiger partial charge in [0.05, 0.1) is 4.90 Å². The lowest BCUT2D eigenvalue weighted by atomic mass is 10.1. The van der Waals surface area contributed by atoms with Crippen LogP contribution >= 0.6 is 0 Å². The van der Waals surface area contributed by atoms with Crippen molar-refractivity contribution in [2.45, 2.75) is 31.2 Å². The smallest absolute Gasteiger partial charge is 0.251 e. The first kappa shape index (κ1) is 19.1. The second kappa shape index (κ2) is 8.27. The van der Waals surface area contributed by atoms with Crippen LogP contribution in [0.5, 0.6) is 0 Å². The lowest BCUT2D eigenvalue weighted by Gasteiger charge is -2.21. The summed E-state index contributed by atoms with van der Waals surface area (Å²) in [5, 5.41) is 2.83. The van der Waals surface area contributed by atoms with Crippen molar-refractivity contribution >= 4 is 15.9 Å². The molecule has 2 aromatic rings. The molecule has 134 valence electrons. The highest BCUT2D eigenvalue weighted by Gasteiger charge is 2.23. The number of sulfonamides is 1. The van der Waals surface area contributed by atoms with E-state index in [9.17, 15) is 13.2 Å². The number of carbonyl (C=O) groups is 1. The van der Waals surface area contributed by atoms with E-state index in [0.29, 0.717) is 12.1 Å². The average Bonchev–Trinajstić information content (AvgIpc) is 2.61. The van der Waals surface area contributed by atoms with Gasteiger partial charge in [-0.25, -0.2) is 8.42 Å². The van der Waals surface area contributed by atoms with E-state index in [4.69, 9.17) is 0 Å². The van der Waals surface area contributed by atoms with Crippen molar-refractivity contribution in [3.63, 3.8) is 0 Å². The molecule has 0 spiro atoms. The van der Waals surface area contributed by atoms with Gasteiger partial charge < -0.3 is 5.32 Å². The van der Waals surface area contributed by atoms with Crippen LogP contribution in [-0.2, 0) is 16.4 Å². The second-order valence-corrected chi connectivity index (χ2v) is 8.13. The van der Waals surface area contributed by atoms with Gasteiger partial charge in [0.2, 0.25) is 10.0 Å². The van der Waals surface area contributed by atoms with Crippen molar-refractivity contribution in [3.8, 4) is 0 Å². The molecule has 0 radical (unpaired) electrons. The van der Waals surface area contributed by atoms with E-state index >= 15 is 0 Å². The van der Waals surface area contributed by atoms with Gasteiger partial charge in [-0.3, -0.25) is 4.79 Å². The van der Waals surface area contributed by atoms with Crippen molar-refractivity contribution in [2.75, 3.05) is 13.6 Å². The summed E-state index contributed by atoms with van der Waals surface area (Å²) < 4.78 is 26.4. The number of hydrogen-bond donors (Lipinski definition) is 1. The SMILES string of the molecule is CC(C)N(C)S(=O)(=O)c1cccc(C(=O)NCCc2ccccc2)c1. The number of hydrogen-bond acceptors (Lipinski definition) is 3. The summed E-state index contributed by atoms with van der Waals surface area (Å²) in [4.78, 5) is 12.4. The zero-order valence-corrected chi connectivity index (χ0v) is 15.6. The molecular formula is C19H24N2O3S. The minimum absolute atomic E-state index is 0.124. The van der Waals surface area contributed by atoms with Crippen LogP contribution in [0.3, 0.4) is 0 Å². The highest BCUT2D eigenvalue weighted by atomic mass is 32.2. The van der Waals surface area contributed by atoms with E-state index in [2.05, 4.69) is 5.32 Å². The lowest BCUT2D eigenvalue weighted by molar-refractivity contribution is 0.0954. The highest BCUT2D eigenvalue weighted by molar-refractivity contribution is 7.89. The molecule has 2 aromatic carbocycles. The van der Waals surface area contributed by atoms with Crippen LogP contribution in [0, 0.1) is 0 Å². The molecule has 0 saturated carbocycles. The van der Waals surface area contributed by atoms with Gasteiger partial charge in [-0.15, -0.1) is 0 Å². The zero-order valence-electron chi connectivity index (χ0n) is 14.8. The second-order valence-electron chi connectivity index (χ2n) is 6.13. The predicted molar refractivity (Wildman–Crippen MR) is 99.0 cm³/mol. The summed E-state index contributed by atoms with van der Waals surface area (Å²) in [6.07, 6.45) is 0.723. The molecular weight excluding hydrogens is 336 g/mol. The van der Waals surface area contributed by atoms with E-state index in [1.54, 1.807) is 26.0 Å². The maximum atomic E-state index is 12.5. The first-order chi connectivity index (χ1) is 11.8. The molecule has 25 heavy (non-hydrogen) atoms. The van der Waals surface area contributed by atoms with Crippen LogP contribution in [0.1, 0.15) is 29.8 Å². The summed E-state index contributed by atoms with van der Waals surface area (Å²) in [6.45, 7) is 4.10. The lowest BCUT2D eigenvalue weighted by Crippen LogP contribution is -2.33. The molecule has 0 aliphatic carbocycles. The zero-order chi connectivity index (χ0) is 18.4. The fourth-order valence-corrected chi connectivity index (χ4v) is 3.72. The van der Waals surface area contributed by atoms with Gasteiger partial charge in [-0.05, 0) is 44.0 Å². The molecule has 6 heteroatoms. The van der Waals surface area contributed by atoms with Crippen LogP contribution < -0.4 is 5.32 Å². The van der Waals surface area contributed by atoms with E-state index in [1.807, 2.05) is 30.3 Å². The number of nitrogens with zero attached hydrogens (tertiary/aromatic N) is 1. The van der Waals surface area contributed by atoms with Crippen LogP contribution in [-0.4, -0.2) is 38.3 Å². The molecule has 2 rings (SSSR count). The molecule has 0 unspecified atom stereocenters. The molecule has 1 N–H and O–H groups in total. The number of benzene rings is 2. The molecule has 0 saturated heterocycles. The highest BCUT2D eigenvalue weighted by Crippen LogP contribution is 2.17. The monoisotopic (exact) mass is 360 g/mol. The summed E-state index contributed by atoms with van der Waals surface area (Å²) in [5.41, 5.74) is 1.48. The number of rotatable bonds is 7. The van der Waals surface area contributed by atoms with Gasteiger partial charge >= 0.3 is 0 Å². The standard InChI is InChI=1S/C19H24N2O3S/c1-15(2)21(3)25(23,24)18-11-7-10-17(14-18)19(22)20-13-12-16-8-5-4-6-9-16/h4-11,14-15H,12-13H2,1-3H3,(H,20,22). The van der Waals surface area contributed by atoms with Gasteiger partial charge in [0.25, 0.3) is 5.91 Å². The van der Waals surface area contributed by atoms with E-state index < -0.39 is 10.0 Å². The molecule has 0 fully saturated rings. The Hall–Kier alpha value is -2.18. The molecule has 0 atom stereocenters. The topological polar surface area (TPSA) is 66.5 Å². The fourth-order valence-electron chi connectivity index (χ4n) is 2.31.